The van der Waals surface area contributed by atoms with Gasteiger partial charge in [0, 0.05) is 35.4 Å². The van der Waals surface area contributed by atoms with E-state index in [1.807, 2.05) is 69.3 Å². The summed E-state index contributed by atoms with van der Waals surface area (Å²) in [7, 11) is 0. The van der Waals surface area contributed by atoms with Crippen molar-refractivity contribution in [3.63, 3.8) is 0 Å². The topological polar surface area (TPSA) is 115 Å². The monoisotopic (exact) mass is 583 g/mol. The number of aliphatic carboxylic acids is 1. The van der Waals surface area contributed by atoms with Crippen LogP contribution >= 0.6 is 0 Å². The van der Waals surface area contributed by atoms with Crippen molar-refractivity contribution < 1.29 is 23.8 Å². The minimum absolute atomic E-state index is 0.0876. The molecule has 2 aromatic carbocycles. The fraction of sp³-hybridized carbons (Fsp3) is 0.371. The van der Waals surface area contributed by atoms with E-state index in [9.17, 15) is 14.7 Å². The molecule has 0 aliphatic rings. The molecule has 1 atom stereocenters. The Kier molecular flexibility index (Phi) is 10.7. The van der Waals surface area contributed by atoms with E-state index in [0.717, 1.165) is 41.0 Å². The van der Waals surface area contributed by atoms with Gasteiger partial charge in [-0.05, 0) is 41.8 Å². The van der Waals surface area contributed by atoms with Crippen LogP contribution in [0.3, 0.4) is 0 Å². The Balaban J connectivity index is 1.32. The standard InChI is InChI=1S/C35H41N3O5/c1-5-6-7-8-9-20-42-28-16-14-25(15-17-28)27-22-36-32(37-23-27)26-12-10-24(11-13-26)21-29(34(40)41)38-33(39)30-18-19-31(43-30)35(2,3)4/h10-19,22-23,29H,5-9,20-21H2,1-4H3,(H,38,39)(H,40,41)/t29-/m0/s1. The number of hydrogen-bond donors (Lipinski definition) is 2. The molecule has 4 aromatic rings. The molecular formula is C35H41N3O5. The lowest BCUT2D eigenvalue weighted by Gasteiger charge is -2.15. The molecule has 8 heteroatoms. The van der Waals surface area contributed by atoms with Crippen molar-refractivity contribution in [2.75, 3.05) is 6.61 Å². The van der Waals surface area contributed by atoms with E-state index in [2.05, 4.69) is 22.2 Å². The van der Waals surface area contributed by atoms with E-state index < -0.39 is 17.9 Å². The summed E-state index contributed by atoms with van der Waals surface area (Å²) < 4.78 is 11.5. The summed E-state index contributed by atoms with van der Waals surface area (Å²) in [4.78, 5) is 33.7. The summed E-state index contributed by atoms with van der Waals surface area (Å²) in [6, 6.07) is 17.5. The van der Waals surface area contributed by atoms with Crippen molar-refractivity contribution in [3.8, 4) is 28.3 Å². The smallest absolute Gasteiger partial charge is 0.326 e. The van der Waals surface area contributed by atoms with Gasteiger partial charge in [0.05, 0.1) is 6.61 Å². The van der Waals surface area contributed by atoms with Crippen molar-refractivity contribution in [1.29, 1.82) is 0 Å². The van der Waals surface area contributed by atoms with E-state index in [1.165, 1.54) is 25.7 Å². The average molecular weight is 584 g/mol. The number of furan rings is 1. The first-order valence-electron chi connectivity index (χ1n) is 14.9. The lowest BCUT2D eigenvalue weighted by molar-refractivity contribution is -0.139. The molecule has 0 saturated carbocycles. The molecule has 0 radical (unpaired) electrons. The molecule has 0 bridgehead atoms. The van der Waals surface area contributed by atoms with Crippen molar-refractivity contribution >= 4 is 11.9 Å². The average Bonchev–Trinajstić information content (AvgIpc) is 3.51. The first-order chi connectivity index (χ1) is 20.6. The van der Waals surface area contributed by atoms with Crippen LogP contribution in [0.4, 0.5) is 0 Å². The first kappa shape index (κ1) is 31.5. The summed E-state index contributed by atoms with van der Waals surface area (Å²) in [6.45, 7) is 8.87. The van der Waals surface area contributed by atoms with E-state index in [1.54, 1.807) is 24.5 Å². The Hall–Kier alpha value is -4.46. The highest BCUT2D eigenvalue weighted by molar-refractivity contribution is 5.94. The molecule has 4 rings (SSSR count). The molecule has 0 saturated heterocycles. The lowest BCUT2D eigenvalue weighted by atomic mass is 9.94. The number of carboxylic acid groups (broad SMARTS) is 1. The van der Waals surface area contributed by atoms with Crippen molar-refractivity contribution in [1.82, 2.24) is 15.3 Å². The predicted octanol–water partition coefficient (Wildman–Crippen LogP) is 7.48. The van der Waals surface area contributed by atoms with Crippen LogP contribution in [-0.2, 0) is 16.6 Å². The summed E-state index contributed by atoms with van der Waals surface area (Å²) in [5.41, 5.74) is 3.20. The van der Waals surface area contributed by atoms with Crippen LogP contribution in [0.5, 0.6) is 5.75 Å². The van der Waals surface area contributed by atoms with Gasteiger partial charge in [0.1, 0.15) is 17.6 Å². The van der Waals surface area contributed by atoms with Crippen LogP contribution in [0.15, 0.2) is 77.5 Å². The zero-order valence-electron chi connectivity index (χ0n) is 25.4. The zero-order valence-corrected chi connectivity index (χ0v) is 25.4. The third-order valence-corrected chi connectivity index (χ3v) is 7.18. The molecule has 0 fully saturated rings. The number of nitrogens with one attached hydrogen (secondary N) is 1. The Labute approximate surface area is 253 Å². The fourth-order valence-electron chi connectivity index (χ4n) is 4.58. The molecule has 2 N–H and O–H groups in total. The Bertz CT molecular complexity index is 1470. The minimum atomic E-state index is -1.12. The Morgan fingerprint density at radius 3 is 2.12 bits per heavy atom. The van der Waals surface area contributed by atoms with Gasteiger partial charge in [-0.2, -0.15) is 0 Å². The van der Waals surface area contributed by atoms with Gasteiger partial charge in [0.25, 0.3) is 5.91 Å². The molecule has 0 spiro atoms. The molecular weight excluding hydrogens is 542 g/mol. The number of amides is 1. The second-order valence-corrected chi connectivity index (χ2v) is 11.8. The second-order valence-electron chi connectivity index (χ2n) is 11.8. The fourth-order valence-corrected chi connectivity index (χ4v) is 4.58. The minimum Gasteiger partial charge on any atom is -0.494 e. The van der Waals surface area contributed by atoms with Crippen LogP contribution < -0.4 is 10.1 Å². The second kappa shape index (κ2) is 14.6. The predicted molar refractivity (Wildman–Crippen MR) is 167 cm³/mol. The number of carbonyl (C=O) groups is 2. The zero-order chi connectivity index (χ0) is 30.8. The summed E-state index contributed by atoms with van der Waals surface area (Å²) >= 11 is 0. The molecule has 1 amide bonds. The largest absolute Gasteiger partial charge is 0.494 e. The maximum atomic E-state index is 12.7. The number of aromatic nitrogens is 2. The normalized spacial score (nSPS) is 12.1. The summed E-state index contributed by atoms with van der Waals surface area (Å²) in [5, 5.41) is 12.3. The first-order valence-corrected chi connectivity index (χ1v) is 14.9. The number of hydrogen-bond acceptors (Lipinski definition) is 6. The van der Waals surface area contributed by atoms with Gasteiger partial charge >= 0.3 is 5.97 Å². The SMILES string of the molecule is CCCCCCCOc1ccc(-c2cnc(-c3ccc(C[C@H](NC(=O)c4ccc(C(C)(C)C)o4)C(=O)O)cc3)nc2)cc1. The Morgan fingerprint density at radius 1 is 0.860 bits per heavy atom. The van der Waals surface area contributed by atoms with Gasteiger partial charge < -0.3 is 19.6 Å². The molecule has 8 nitrogen and oxygen atoms in total. The van der Waals surface area contributed by atoms with E-state index in [0.29, 0.717) is 11.6 Å². The lowest BCUT2D eigenvalue weighted by Crippen LogP contribution is -2.42. The van der Waals surface area contributed by atoms with E-state index in [4.69, 9.17) is 9.15 Å². The number of carbonyl (C=O) groups excluding carboxylic acids is 1. The van der Waals surface area contributed by atoms with Gasteiger partial charge in [-0.3, -0.25) is 4.79 Å². The molecule has 0 unspecified atom stereocenters. The highest BCUT2D eigenvalue weighted by Gasteiger charge is 2.25. The maximum absolute atomic E-state index is 12.7. The molecule has 0 aliphatic heterocycles. The van der Waals surface area contributed by atoms with Gasteiger partial charge in [-0.25, -0.2) is 14.8 Å². The highest BCUT2D eigenvalue weighted by Crippen LogP contribution is 2.25. The van der Waals surface area contributed by atoms with E-state index in [-0.39, 0.29) is 17.6 Å². The quantitative estimate of drug-likeness (QED) is 0.148. The van der Waals surface area contributed by atoms with Crippen LogP contribution in [-0.4, -0.2) is 39.6 Å². The molecule has 43 heavy (non-hydrogen) atoms. The third-order valence-electron chi connectivity index (χ3n) is 7.18. The Morgan fingerprint density at radius 2 is 1.51 bits per heavy atom. The number of nitrogens with zero attached hydrogens (tertiary/aromatic N) is 2. The van der Waals surface area contributed by atoms with Crippen LogP contribution in [0.1, 0.15) is 81.7 Å². The molecule has 226 valence electrons. The van der Waals surface area contributed by atoms with Crippen molar-refractivity contribution in [3.05, 3.63) is 90.1 Å². The third kappa shape index (κ3) is 9.01. The maximum Gasteiger partial charge on any atom is 0.326 e. The van der Waals surface area contributed by atoms with Gasteiger partial charge in [-0.1, -0.05) is 89.8 Å². The van der Waals surface area contributed by atoms with E-state index >= 15 is 0 Å². The number of rotatable bonds is 14. The van der Waals surface area contributed by atoms with Crippen LogP contribution in [0.2, 0.25) is 0 Å². The number of carboxylic acids is 1. The van der Waals surface area contributed by atoms with Crippen molar-refractivity contribution in [2.45, 2.75) is 77.7 Å². The molecule has 2 aromatic heterocycles. The van der Waals surface area contributed by atoms with Crippen LogP contribution in [0, 0.1) is 0 Å². The number of unbranched alkanes of at least 4 members (excludes halogenated alkanes) is 4. The van der Waals surface area contributed by atoms with Gasteiger partial charge in [-0.15, -0.1) is 0 Å². The highest BCUT2D eigenvalue weighted by atomic mass is 16.5. The number of benzene rings is 2. The summed E-state index contributed by atoms with van der Waals surface area (Å²) in [5.74, 6) is 0.478. The van der Waals surface area contributed by atoms with Crippen LogP contribution in [0.25, 0.3) is 22.5 Å². The number of ether oxygens (including phenoxy) is 1. The van der Waals surface area contributed by atoms with Gasteiger partial charge in [0.15, 0.2) is 11.6 Å². The molecule has 2 heterocycles. The molecule has 0 aliphatic carbocycles. The van der Waals surface area contributed by atoms with Gasteiger partial charge in [0.2, 0.25) is 0 Å². The summed E-state index contributed by atoms with van der Waals surface area (Å²) in [6.07, 6.45) is 9.74. The van der Waals surface area contributed by atoms with Crippen molar-refractivity contribution in [2.24, 2.45) is 0 Å².